The van der Waals surface area contributed by atoms with Gasteiger partial charge in [-0.1, -0.05) is 24.3 Å². The highest BCUT2D eigenvalue weighted by Gasteiger charge is 2.07. The molecule has 0 amide bonds. The number of benzene rings is 2. The van der Waals surface area contributed by atoms with Crippen LogP contribution in [0.15, 0.2) is 71.9 Å². The molecule has 0 spiro atoms. The third-order valence-electron chi connectivity index (χ3n) is 4.47. The van der Waals surface area contributed by atoms with E-state index in [9.17, 15) is 4.39 Å². The van der Waals surface area contributed by atoms with Crippen molar-refractivity contribution in [1.29, 1.82) is 0 Å². The minimum absolute atomic E-state index is 0.342. The molecule has 0 aliphatic carbocycles. The molecule has 0 unspecified atom stereocenters. The average molecular weight is 394 g/mol. The molecule has 1 aliphatic rings. The molecule has 3 N–H and O–H groups in total. The van der Waals surface area contributed by atoms with Crippen molar-refractivity contribution < 1.29 is 9.13 Å². The summed E-state index contributed by atoms with van der Waals surface area (Å²) in [7, 11) is 2.09. The van der Waals surface area contributed by atoms with Crippen molar-refractivity contribution in [3.8, 4) is 5.75 Å². The minimum Gasteiger partial charge on any atom is -0.493 e. The van der Waals surface area contributed by atoms with Crippen LogP contribution >= 0.6 is 0 Å². The van der Waals surface area contributed by atoms with Gasteiger partial charge in [-0.3, -0.25) is 9.89 Å². The Balaban J connectivity index is 1.89. The first-order chi connectivity index (χ1) is 14.1. The zero-order valence-corrected chi connectivity index (χ0v) is 16.6. The molecule has 1 aliphatic heterocycles. The van der Waals surface area contributed by atoms with Crippen molar-refractivity contribution in [2.24, 2.45) is 10.7 Å². The van der Waals surface area contributed by atoms with Crippen LogP contribution in [0.25, 0.3) is 0 Å². The van der Waals surface area contributed by atoms with Crippen molar-refractivity contribution in [3.05, 3.63) is 83.8 Å². The van der Waals surface area contributed by atoms with Gasteiger partial charge in [0, 0.05) is 30.4 Å². The number of likely N-dealkylation sites (N-methyl/N-ethyl adjacent to an activating group) is 1. The molecular formula is C23H27FN4O. The fourth-order valence-electron chi connectivity index (χ4n) is 3.11. The molecule has 5 nitrogen and oxygen atoms in total. The topological polar surface area (TPSA) is 62.9 Å². The quantitative estimate of drug-likeness (QED) is 0.720. The molecule has 1 heterocycles. The number of hydrogen-bond acceptors (Lipinski definition) is 5. The van der Waals surface area contributed by atoms with Gasteiger partial charge in [0.1, 0.15) is 18.2 Å². The zero-order valence-electron chi connectivity index (χ0n) is 16.6. The van der Waals surface area contributed by atoms with Gasteiger partial charge in [-0.15, -0.1) is 0 Å². The molecule has 0 fully saturated rings. The summed E-state index contributed by atoms with van der Waals surface area (Å²) in [6.07, 6.45) is 8.03. The Hall–Kier alpha value is -3.12. The lowest BCUT2D eigenvalue weighted by molar-refractivity contribution is 0.322. The summed E-state index contributed by atoms with van der Waals surface area (Å²) in [5, 5.41) is 3.29. The van der Waals surface area contributed by atoms with E-state index in [1.807, 2.05) is 12.1 Å². The molecule has 0 saturated carbocycles. The number of ether oxygens (including phenoxy) is 1. The molecule has 152 valence electrons. The summed E-state index contributed by atoms with van der Waals surface area (Å²) in [5.41, 5.74) is 8.98. The molecule has 0 aromatic heterocycles. The summed E-state index contributed by atoms with van der Waals surface area (Å²) in [6, 6.07) is 12.9. The van der Waals surface area contributed by atoms with Crippen molar-refractivity contribution in [3.63, 3.8) is 0 Å². The van der Waals surface area contributed by atoms with E-state index in [0.717, 1.165) is 25.2 Å². The first-order valence-electron chi connectivity index (χ1n) is 9.67. The second-order valence-electron chi connectivity index (χ2n) is 6.92. The van der Waals surface area contributed by atoms with E-state index in [-0.39, 0.29) is 5.82 Å². The molecule has 2 aromatic rings. The maximum atomic E-state index is 14.1. The van der Waals surface area contributed by atoms with Crippen molar-refractivity contribution in [1.82, 2.24) is 4.90 Å². The second kappa shape index (κ2) is 10.4. The molecule has 6 heteroatoms. The van der Waals surface area contributed by atoms with E-state index < -0.39 is 0 Å². The van der Waals surface area contributed by atoms with E-state index in [2.05, 4.69) is 46.5 Å². The highest BCUT2D eigenvalue weighted by Crippen LogP contribution is 2.19. The maximum Gasteiger partial charge on any atom is 0.127 e. The van der Waals surface area contributed by atoms with Gasteiger partial charge in [-0.2, -0.15) is 0 Å². The number of nitrogens with zero attached hydrogens (tertiary/aromatic N) is 2. The number of nitrogens with two attached hydrogens (primary N) is 1. The standard InChI is InChI=1S/C23H27FN4O/c1-28-10-3-2-4-11-29-22-14-19(13-20(24)15-22)23(8-9-25)27-17-26-21-7-5-6-18(12-21)16-28/h2-3,5-9,12-15,26H,4,10-11,16-17,25H2,1H3/b3-2+,9-8-,27-23+. The van der Waals surface area contributed by atoms with Crippen LogP contribution < -0.4 is 15.8 Å². The van der Waals surface area contributed by atoms with Crippen molar-refractivity contribution >= 4 is 11.4 Å². The second-order valence-corrected chi connectivity index (χ2v) is 6.92. The van der Waals surface area contributed by atoms with Crippen LogP contribution in [-0.2, 0) is 6.54 Å². The molecule has 3 rings (SSSR count). The lowest BCUT2D eigenvalue weighted by Gasteiger charge is -2.15. The molecule has 2 aromatic carbocycles. The van der Waals surface area contributed by atoms with Gasteiger partial charge >= 0.3 is 0 Å². The summed E-state index contributed by atoms with van der Waals surface area (Å²) < 4.78 is 19.8. The zero-order chi connectivity index (χ0) is 20.5. The molecule has 29 heavy (non-hydrogen) atoms. The molecule has 0 atom stereocenters. The summed E-state index contributed by atoms with van der Waals surface area (Å²) in [5.74, 6) is 0.105. The Kier molecular flexibility index (Phi) is 7.41. The summed E-state index contributed by atoms with van der Waals surface area (Å²) in [4.78, 5) is 6.79. The molecule has 4 bridgehead atoms. The Labute approximate surface area is 171 Å². The van der Waals surface area contributed by atoms with Crippen LogP contribution in [0.1, 0.15) is 17.5 Å². The monoisotopic (exact) mass is 394 g/mol. The van der Waals surface area contributed by atoms with E-state index >= 15 is 0 Å². The van der Waals surface area contributed by atoms with Crippen LogP contribution in [0.3, 0.4) is 0 Å². The fourth-order valence-corrected chi connectivity index (χ4v) is 3.11. The van der Waals surface area contributed by atoms with Crippen molar-refractivity contribution in [2.75, 3.05) is 32.2 Å². The van der Waals surface area contributed by atoms with Gasteiger partial charge in [0.15, 0.2) is 0 Å². The fraction of sp³-hybridized carbons (Fsp3) is 0.261. The Morgan fingerprint density at radius 1 is 1.21 bits per heavy atom. The summed E-state index contributed by atoms with van der Waals surface area (Å²) >= 11 is 0. The van der Waals surface area contributed by atoms with Gasteiger partial charge in [0.05, 0.1) is 12.3 Å². The largest absolute Gasteiger partial charge is 0.493 e. The van der Waals surface area contributed by atoms with Gasteiger partial charge in [0.25, 0.3) is 0 Å². The average Bonchev–Trinajstić information content (AvgIpc) is 2.69. The van der Waals surface area contributed by atoms with Crippen molar-refractivity contribution in [2.45, 2.75) is 13.0 Å². The number of rotatable bonds is 1. The molecule has 0 saturated heterocycles. The number of aliphatic imine (C=N–C) groups is 1. The van der Waals surface area contributed by atoms with E-state index in [4.69, 9.17) is 10.5 Å². The minimum atomic E-state index is -0.372. The highest BCUT2D eigenvalue weighted by atomic mass is 19.1. The maximum absolute atomic E-state index is 14.1. The third kappa shape index (κ3) is 6.47. The van der Waals surface area contributed by atoms with Gasteiger partial charge < -0.3 is 15.8 Å². The highest BCUT2D eigenvalue weighted by molar-refractivity contribution is 6.08. The lowest BCUT2D eigenvalue weighted by Crippen LogP contribution is -2.17. The molecule has 0 radical (unpaired) electrons. The summed E-state index contributed by atoms with van der Waals surface area (Å²) in [6.45, 7) is 2.52. The van der Waals surface area contributed by atoms with Gasteiger partial charge in [-0.25, -0.2) is 4.39 Å². The van der Waals surface area contributed by atoms with Crippen LogP contribution in [-0.4, -0.2) is 37.5 Å². The number of hydrogen-bond donors (Lipinski definition) is 2. The number of halogens is 1. The number of allylic oxidation sites excluding steroid dienone is 1. The van der Waals surface area contributed by atoms with Crippen LogP contribution in [0, 0.1) is 5.82 Å². The van der Waals surface area contributed by atoms with Crippen LogP contribution in [0.4, 0.5) is 10.1 Å². The van der Waals surface area contributed by atoms with E-state index in [1.54, 1.807) is 12.1 Å². The Morgan fingerprint density at radius 3 is 2.97 bits per heavy atom. The first-order valence-corrected chi connectivity index (χ1v) is 9.67. The van der Waals surface area contributed by atoms with E-state index in [1.165, 1.54) is 23.9 Å². The predicted molar refractivity (Wildman–Crippen MR) is 117 cm³/mol. The lowest BCUT2D eigenvalue weighted by atomic mass is 10.1. The SMILES string of the molecule is CN1C/C=C/CCOc2cc(F)cc(c2)C(/C=C\N)=N/CNc2cccc(c2)C1. The normalized spacial score (nSPS) is 19.3. The number of nitrogens with one attached hydrogen (secondary N) is 1. The first kappa shape index (κ1) is 20.6. The van der Waals surface area contributed by atoms with Gasteiger partial charge in [-0.05, 0) is 55.6 Å². The van der Waals surface area contributed by atoms with Crippen LogP contribution in [0.5, 0.6) is 5.75 Å². The smallest absolute Gasteiger partial charge is 0.127 e. The van der Waals surface area contributed by atoms with Gasteiger partial charge in [0.2, 0.25) is 0 Å². The van der Waals surface area contributed by atoms with Crippen LogP contribution in [0.2, 0.25) is 0 Å². The number of fused-ring (bicyclic) bond motifs is 4. The number of anilines is 1. The Morgan fingerprint density at radius 2 is 2.10 bits per heavy atom. The molecular weight excluding hydrogens is 367 g/mol. The third-order valence-corrected chi connectivity index (χ3v) is 4.47. The Bertz CT molecular complexity index is 908. The predicted octanol–water partition coefficient (Wildman–Crippen LogP) is 3.93. The van der Waals surface area contributed by atoms with E-state index in [0.29, 0.717) is 30.3 Å².